The van der Waals surface area contributed by atoms with Gasteiger partial charge >= 0.3 is 0 Å². The first-order valence-electron chi connectivity index (χ1n) is 5.82. The van der Waals surface area contributed by atoms with Crippen molar-refractivity contribution in [1.29, 1.82) is 0 Å². The molecule has 1 aromatic carbocycles. The smallest absolute Gasteiger partial charge is 0.253 e. The highest BCUT2D eigenvalue weighted by Gasteiger charge is 2.12. The van der Waals surface area contributed by atoms with Gasteiger partial charge in [0.2, 0.25) is 0 Å². The third-order valence-electron chi connectivity index (χ3n) is 2.64. The van der Waals surface area contributed by atoms with Crippen molar-refractivity contribution in [2.45, 2.75) is 19.3 Å². The summed E-state index contributed by atoms with van der Waals surface area (Å²) in [6.45, 7) is 0.660. The minimum atomic E-state index is -0.420. The van der Waals surface area contributed by atoms with Crippen molar-refractivity contribution in [2.75, 3.05) is 19.5 Å². The Morgan fingerprint density at radius 3 is 2.72 bits per heavy atom. The number of halogens is 3. The second-order valence-corrected chi connectivity index (χ2v) is 5.34. The second kappa shape index (κ2) is 7.74. The van der Waals surface area contributed by atoms with Gasteiger partial charge in [-0.25, -0.2) is 4.39 Å². The van der Waals surface area contributed by atoms with E-state index in [9.17, 15) is 9.18 Å². The number of nitrogens with zero attached hydrogens (tertiary/aromatic N) is 1. The Kier molecular flexibility index (Phi) is 6.65. The summed E-state index contributed by atoms with van der Waals surface area (Å²) in [6, 6.07) is 4.41. The molecule has 100 valence electrons. The molecule has 0 atom stereocenters. The molecule has 0 spiro atoms. The van der Waals surface area contributed by atoms with Crippen molar-refractivity contribution in [2.24, 2.45) is 0 Å². The van der Waals surface area contributed by atoms with Gasteiger partial charge in [0.15, 0.2) is 0 Å². The Bertz CT molecular complexity index is 414. The highest BCUT2D eigenvalue weighted by Crippen LogP contribution is 2.17. The number of benzene rings is 1. The van der Waals surface area contributed by atoms with Crippen LogP contribution in [-0.2, 0) is 0 Å². The molecular formula is C13H16BrClFNO. The van der Waals surface area contributed by atoms with Crippen LogP contribution in [-0.4, -0.2) is 30.3 Å². The van der Waals surface area contributed by atoms with Crippen LogP contribution in [0.25, 0.3) is 0 Å². The zero-order valence-electron chi connectivity index (χ0n) is 10.3. The maximum absolute atomic E-state index is 13.3. The first-order valence-corrected chi connectivity index (χ1v) is 7.15. The summed E-state index contributed by atoms with van der Waals surface area (Å²) in [7, 11) is 1.73. The van der Waals surface area contributed by atoms with Gasteiger partial charge in [-0.1, -0.05) is 6.42 Å². The van der Waals surface area contributed by atoms with Crippen LogP contribution in [0.1, 0.15) is 29.6 Å². The molecule has 18 heavy (non-hydrogen) atoms. The standard InChI is InChI=1S/C13H16BrClFNO/c1-17(8-4-2-3-7-15)13(18)10-5-6-11(14)12(16)9-10/h5-6,9H,2-4,7-8H2,1H3. The maximum atomic E-state index is 13.3. The lowest BCUT2D eigenvalue weighted by Crippen LogP contribution is -2.27. The van der Waals surface area contributed by atoms with Crippen LogP contribution >= 0.6 is 27.5 Å². The largest absolute Gasteiger partial charge is 0.342 e. The second-order valence-electron chi connectivity index (χ2n) is 4.11. The maximum Gasteiger partial charge on any atom is 0.253 e. The molecule has 1 rings (SSSR count). The van der Waals surface area contributed by atoms with Crippen LogP contribution in [0.3, 0.4) is 0 Å². The van der Waals surface area contributed by atoms with E-state index in [0.29, 0.717) is 22.5 Å². The average molecular weight is 337 g/mol. The lowest BCUT2D eigenvalue weighted by Gasteiger charge is -2.17. The van der Waals surface area contributed by atoms with Crippen LogP contribution in [0.2, 0.25) is 0 Å². The molecule has 0 saturated heterocycles. The molecule has 0 aliphatic rings. The molecule has 0 aliphatic carbocycles. The van der Waals surface area contributed by atoms with Crippen molar-refractivity contribution in [3.63, 3.8) is 0 Å². The van der Waals surface area contributed by atoms with Crippen molar-refractivity contribution < 1.29 is 9.18 Å². The molecule has 0 N–H and O–H groups in total. The molecule has 0 aliphatic heterocycles. The number of rotatable bonds is 6. The summed E-state index contributed by atoms with van der Waals surface area (Å²) in [5, 5.41) is 0. The van der Waals surface area contributed by atoms with E-state index < -0.39 is 5.82 Å². The third kappa shape index (κ3) is 4.58. The molecular weight excluding hydrogens is 321 g/mol. The average Bonchev–Trinajstić information content (AvgIpc) is 2.37. The molecule has 0 saturated carbocycles. The molecule has 0 bridgehead atoms. The number of carbonyl (C=O) groups excluding carboxylic acids is 1. The summed E-state index contributed by atoms with van der Waals surface area (Å²) < 4.78 is 13.7. The van der Waals surface area contributed by atoms with E-state index in [0.717, 1.165) is 19.3 Å². The van der Waals surface area contributed by atoms with E-state index in [1.807, 2.05) is 0 Å². The number of hydrogen-bond acceptors (Lipinski definition) is 1. The summed E-state index contributed by atoms with van der Waals surface area (Å²) in [5.41, 5.74) is 0.371. The topological polar surface area (TPSA) is 20.3 Å². The Morgan fingerprint density at radius 1 is 1.39 bits per heavy atom. The van der Waals surface area contributed by atoms with Crippen LogP contribution in [0.4, 0.5) is 4.39 Å². The molecule has 0 heterocycles. The van der Waals surface area contributed by atoms with Crippen molar-refractivity contribution in [3.05, 3.63) is 34.1 Å². The first kappa shape index (κ1) is 15.4. The van der Waals surface area contributed by atoms with Gasteiger partial charge in [-0.15, -0.1) is 11.6 Å². The lowest BCUT2D eigenvalue weighted by atomic mass is 10.2. The molecule has 0 aromatic heterocycles. The predicted octanol–water partition coefficient (Wildman–Crippen LogP) is 4.07. The molecule has 5 heteroatoms. The van der Waals surface area contributed by atoms with E-state index in [4.69, 9.17) is 11.6 Å². The van der Waals surface area contributed by atoms with Gasteiger partial charge in [0.05, 0.1) is 4.47 Å². The summed E-state index contributed by atoms with van der Waals surface area (Å²) >= 11 is 8.64. The number of alkyl halides is 1. The highest BCUT2D eigenvalue weighted by atomic mass is 79.9. The van der Waals surface area contributed by atoms with E-state index in [-0.39, 0.29) is 5.91 Å². The zero-order chi connectivity index (χ0) is 13.5. The van der Waals surface area contributed by atoms with Gasteiger partial charge < -0.3 is 4.90 Å². The normalized spacial score (nSPS) is 10.4. The Balaban J connectivity index is 2.54. The zero-order valence-corrected chi connectivity index (χ0v) is 12.6. The fraction of sp³-hybridized carbons (Fsp3) is 0.462. The van der Waals surface area contributed by atoms with Gasteiger partial charge in [-0.2, -0.15) is 0 Å². The molecule has 0 unspecified atom stereocenters. The third-order valence-corrected chi connectivity index (χ3v) is 3.55. The first-order chi connectivity index (χ1) is 8.56. The SMILES string of the molecule is CN(CCCCCCl)C(=O)c1ccc(Br)c(F)c1. The molecule has 0 radical (unpaired) electrons. The molecule has 1 amide bonds. The summed E-state index contributed by atoms with van der Waals surface area (Å²) in [4.78, 5) is 13.6. The number of carbonyl (C=O) groups is 1. The predicted molar refractivity (Wildman–Crippen MR) is 75.6 cm³/mol. The van der Waals surface area contributed by atoms with E-state index in [1.165, 1.54) is 6.07 Å². The van der Waals surface area contributed by atoms with Gasteiger partial charge in [-0.3, -0.25) is 4.79 Å². The van der Waals surface area contributed by atoms with Gasteiger partial charge in [-0.05, 0) is 47.0 Å². The van der Waals surface area contributed by atoms with Crippen molar-refractivity contribution >= 4 is 33.4 Å². The fourth-order valence-electron chi connectivity index (χ4n) is 1.57. The minimum Gasteiger partial charge on any atom is -0.342 e. The van der Waals surface area contributed by atoms with E-state index >= 15 is 0 Å². The Labute approximate surface area is 120 Å². The Hall–Kier alpha value is -0.610. The highest BCUT2D eigenvalue weighted by molar-refractivity contribution is 9.10. The molecule has 1 aromatic rings. The van der Waals surface area contributed by atoms with Gasteiger partial charge in [0.1, 0.15) is 5.82 Å². The van der Waals surface area contributed by atoms with Gasteiger partial charge in [0, 0.05) is 25.0 Å². The monoisotopic (exact) mass is 335 g/mol. The number of unbranched alkanes of at least 4 members (excludes halogenated alkanes) is 2. The van der Waals surface area contributed by atoms with E-state index in [2.05, 4.69) is 15.9 Å². The number of amides is 1. The quantitative estimate of drug-likeness (QED) is 0.566. The Morgan fingerprint density at radius 2 is 2.11 bits per heavy atom. The van der Waals surface area contributed by atoms with Crippen LogP contribution < -0.4 is 0 Å². The molecule has 0 fully saturated rings. The van der Waals surface area contributed by atoms with Crippen LogP contribution in [0, 0.1) is 5.82 Å². The minimum absolute atomic E-state index is 0.160. The van der Waals surface area contributed by atoms with Crippen molar-refractivity contribution in [1.82, 2.24) is 4.90 Å². The summed E-state index contributed by atoms with van der Waals surface area (Å²) in [6.07, 6.45) is 2.86. The fourth-order valence-corrected chi connectivity index (χ4v) is 2.01. The van der Waals surface area contributed by atoms with Crippen LogP contribution in [0.15, 0.2) is 22.7 Å². The summed E-state index contributed by atoms with van der Waals surface area (Å²) in [5.74, 6) is 0.0685. The van der Waals surface area contributed by atoms with Crippen molar-refractivity contribution in [3.8, 4) is 0 Å². The lowest BCUT2D eigenvalue weighted by molar-refractivity contribution is 0.0792. The van der Waals surface area contributed by atoms with Crippen LogP contribution in [0.5, 0.6) is 0 Å². The van der Waals surface area contributed by atoms with E-state index in [1.54, 1.807) is 24.1 Å². The molecule has 2 nitrogen and oxygen atoms in total. The number of hydrogen-bond donors (Lipinski definition) is 0. The van der Waals surface area contributed by atoms with Gasteiger partial charge in [0.25, 0.3) is 5.91 Å².